The number of carbonyl (C=O) groups is 2. The summed E-state index contributed by atoms with van der Waals surface area (Å²) in [7, 11) is 0. The van der Waals surface area contributed by atoms with Crippen LogP contribution in [0, 0.1) is 0 Å². The molecule has 0 unspecified atom stereocenters. The minimum absolute atomic E-state index is 0.123. The van der Waals surface area contributed by atoms with Crippen LogP contribution in [0.5, 0.6) is 0 Å². The van der Waals surface area contributed by atoms with Crippen molar-refractivity contribution in [3.8, 4) is 0 Å². The average Bonchev–Trinajstić information content (AvgIpc) is 2.34. The Kier molecular flexibility index (Phi) is 10.2. The monoisotopic (exact) mass is 316 g/mol. The Morgan fingerprint density at radius 1 is 1.10 bits per heavy atom. The number of unbranched alkanes of at least 4 members (excludes halogenated alkanes) is 2. The minimum atomic E-state index is -0.395. The molecule has 0 aromatic rings. The fraction of sp³-hybridized carbons (Fsp3) is 0.750. The Bertz CT molecular complexity index is 345. The zero-order chi connectivity index (χ0) is 16.3. The number of rotatable bonds is 10. The van der Waals surface area contributed by atoms with Gasteiger partial charge in [0.2, 0.25) is 0 Å². The summed E-state index contributed by atoms with van der Waals surface area (Å²) in [5.74, 6) is 1.36. The highest BCUT2D eigenvalue weighted by Crippen LogP contribution is 2.12. The molecule has 0 aliphatic rings. The summed E-state index contributed by atoms with van der Waals surface area (Å²) in [6, 6.07) is 0. The molecule has 0 rings (SSSR count). The number of ether oxygens (including phenoxy) is 2. The van der Waals surface area contributed by atoms with E-state index in [1.165, 1.54) is 0 Å². The molecule has 0 N–H and O–H groups in total. The summed E-state index contributed by atoms with van der Waals surface area (Å²) >= 11 is 1.75. The van der Waals surface area contributed by atoms with Gasteiger partial charge in [-0.2, -0.15) is 11.8 Å². The van der Waals surface area contributed by atoms with Gasteiger partial charge < -0.3 is 9.47 Å². The number of carbonyl (C=O) groups excluding carboxylic acids is 2. The predicted molar refractivity (Wildman–Crippen MR) is 87.4 cm³/mol. The maximum atomic E-state index is 11.5. The number of esters is 2. The molecule has 122 valence electrons. The predicted octanol–water partition coefficient (Wildman–Crippen LogP) is 3.74. The zero-order valence-corrected chi connectivity index (χ0v) is 14.5. The number of hydrogen-bond donors (Lipinski definition) is 0. The van der Waals surface area contributed by atoms with Crippen molar-refractivity contribution in [2.75, 3.05) is 18.1 Å². The summed E-state index contributed by atoms with van der Waals surface area (Å²) in [5, 5.41) is 0. The van der Waals surface area contributed by atoms with Crippen LogP contribution < -0.4 is 0 Å². The van der Waals surface area contributed by atoms with E-state index in [1.54, 1.807) is 18.7 Å². The highest BCUT2D eigenvalue weighted by molar-refractivity contribution is 7.99. The third-order valence-electron chi connectivity index (χ3n) is 2.40. The second-order valence-corrected chi connectivity index (χ2v) is 7.15. The SMILES string of the molecule is C=C(C)C(=O)OCCSCCCCCC(=O)OC(C)(C)C. The Labute approximate surface area is 132 Å². The van der Waals surface area contributed by atoms with E-state index < -0.39 is 5.60 Å². The van der Waals surface area contributed by atoms with E-state index in [0.717, 1.165) is 30.8 Å². The first-order valence-corrected chi connectivity index (χ1v) is 8.50. The maximum absolute atomic E-state index is 11.5. The Morgan fingerprint density at radius 3 is 2.33 bits per heavy atom. The molecule has 0 bridgehead atoms. The topological polar surface area (TPSA) is 52.6 Å². The van der Waals surface area contributed by atoms with Crippen LogP contribution in [-0.4, -0.2) is 35.7 Å². The molecule has 0 atom stereocenters. The van der Waals surface area contributed by atoms with Crippen LogP contribution in [0.25, 0.3) is 0 Å². The van der Waals surface area contributed by atoms with Gasteiger partial charge in [0, 0.05) is 17.7 Å². The van der Waals surface area contributed by atoms with Crippen LogP contribution in [0.2, 0.25) is 0 Å². The fourth-order valence-corrected chi connectivity index (χ4v) is 2.27. The lowest BCUT2D eigenvalue weighted by Crippen LogP contribution is -2.23. The Hall–Kier alpha value is -0.970. The molecule has 0 aliphatic heterocycles. The highest BCUT2D eigenvalue weighted by atomic mass is 32.2. The van der Waals surface area contributed by atoms with Crippen molar-refractivity contribution in [3.05, 3.63) is 12.2 Å². The molecule has 0 aromatic heterocycles. The molecule has 0 radical (unpaired) electrons. The molecule has 21 heavy (non-hydrogen) atoms. The summed E-state index contributed by atoms with van der Waals surface area (Å²) in [4.78, 5) is 22.6. The van der Waals surface area contributed by atoms with E-state index in [1.807, 2.05) is 20.8 Å². The summed E-state index contributed by atoms with van der Waals surface area (Å²) < 4.78 is 10.2. The van der Waals surface area contributed by atoms with Crippen LogP contribution in [0.3, 0.4) is 0 Å². The largest absolute Gasteiger partial charge is 0.461 e. The molecular weight excluding hydrogens is 288 g/mol. The molecule has 0 heterocycles. The molecule has 0 aliphatic carbocycles. The van der Waals surface area contributed by atoms with E-state index in [-0.39, 0.29) is 11.9 Å². The van der Waals surface area contributed by atoms with Crippen molar-refractivity contribution < 1.29 is 19.1 Å². The third-order valence-corrected chi connectivity index (χ3v) is 3.43. The molecule has 4 nitrogen and oxygen atoms in total. The van der Waals surface area contributed by atoms with E-state index in [2.05, 4.69) is 6.58 Å². The summed E-state index contributed by atoms with van der Waals surface area (Å²) in [6.07, 6.45) is 3.41. The van der Waals surface area contributed by atoms with Crippen molar-refractivity contribution in [1.82, 2.24) is 0 Å². The first kappa shape index (κ1) is 20.0. The van der Waals surface area contributed by atoms with Crippen LogP contribution in [0.4, 0.5) is 0 Å². The molecular formula is C16H28O4S. The van der Waals surface area contributed by atoms with Gasteiger partial charge in [-0.1, -0.05) is 13.0 Å². The van der Waals surface area contributed by atoms with Crippen molar-refractivity contribution >= 4 is 23.7 Å². The van der Waals surface area contributed by atoms with Gasteiger partial charge >= 0.3 is 11.9 Å². The van der Waals surface area contributed by atoms with Crippen molar-refractivity contribution in [2.24, 2.45) is 0 Å². The summed E-state index contributed by atoms with van der Waals surface area (Å²) in [5.41, 5.74) is 0.0379. The van der Waals surface area contributed by atoms with Gasteiger partial charge in [-0.25, -0.2) is 4.79 Å². The van der Waals surface area contributed by atoms with Gasteiger partial charge in [-0.05, 0) is 46.3 Å². The lowest BCUT2D eigenvalue weighted by atomic mass is 10.2. The van der Waals surface area contributed by atoms with Crippen molar-refractivity contribution in [3.63, 3.8) is 0 Å². The van der Waals surface area contributed by atoms with Gasteiger partial charge in [0.15, 0.2) is 0 Å². The second-order valence-electron chi connectivity index (χ2n) is 5.93. The number of hydrogen-bond acceptors (Lipinski definition) is 5. The normalized spacial score (nSPS) is 11.0. The molecule has 0 saturated carbocycles. The van der Waals surface area contributed by atoms with Gasteiger partial charge in [0.1, 0.15) is 12.2 Å². The first-order chi connectivity index (χ1) is 9.72. The first-order valence-electron chi connectivity index (χ1n) is 7.34. The van der Waals surface area contributed by atoms with Crippen LogP contribution in [0.1, 0.15) is 53.4 Å². The Morgan fingerprint density at radius 2 is 1.76 bits per heavy atom. The van der Waals surface area contributed by atoms with Gasteiger partial charge in [0.05, 0.1) is 0 Å². The van der Waals surface area contributed by atoms with Gasteiger partial charge in [-0.15, -0.1) is 0 Å². The minimum Gasteiger partial charge on any atom is -0.461 e. The smallest absolute Gasteiger partial charge is 0.333 e. The van der Waals surface area contributed by atoms with Crippen LogP contribution in [0.15, 0.2) is 12.2 Å². The van der Waals surface area contributed by atoms with Gasteiger partial charge in [-0.3, -0.25) is 4.79 Å². The maximum Gasteiger partial charge on any atom is 0.333 e. The fourth-order valence-electron chi connectivity index (χ4n) is 1.46. The molecule has 0 fully saturated rings. The van der Waals surface area contributed by atoms with E-state index in [4.69, 9.17) is 9.47 Å². The Balaban J connectivity index is 3.35. The molecule has 0 saturated heterocycles. The van der Waals surface area contributed by atoms with Crippen LogP contribution in [-0.2, 0) is 19.1 Å². The van der Waals surface area contributed by atoms with Crippen molar-refractivity contribution in [1.29, 1.82) is 0 Å². The second kappa shape index (κ2) is 10.7. The molecule has 0 spiro atoms. The van der Waals surface area contributed by atoms with Gasteiger partial charge in [0.25, 0.3) is 0 Å². The zero-order valence-electron chi connectivity index (χ0n) is 13.7. The molecule has 0 amide bonds. The van der Waals surface area contributed by atoms with E-state index >= 15 is 0 Å². The molecule has 0 aromatic carbocycles. The van der Waals surface area contributed by atoms with Crippen molar-refractivity contribution in [2.45, 2.75) is 59.0 Å². The quantitative estimate of drug-likeness (QED) is 0.349. The van der Waals surface area contributed by atoms with Crippen LogP contribution >= 0.6 is 11.8 Å². The highest BCUT2D eigenvalue weighted by Gasteiger charge is 2.15. The summed E-state index contributed by atoms with van der Waals surface area (Å²) in [6.45, 7) is 11.2. The lowest BCUT2D eigenvalue weighted by molar-refractivity contribution is -0.155. The lowest BCUT2D eigenvalue weighted by Gasteiger charge is -2.19. The number of thioether (sulfide) groups is 1. The average molecular weight is 316 g/mol. The van der Waals surface area contributed by atoms with E-state index in [9.17, 15) is 9.59 Å². The molecule has 5 heteroatoms. The standard InChI is InChI=1S/C16H28O4S/c1-13(2)15(18)19-10-12-21-11-8-6-7-9-14(17)20-16(3,4)5/h1,6-12H2,2-5H3. The third kappa shape index (κ3) is 13.8. The van der Waals surface area contributed by atoms with E-state index in [0.29, 0.717) is 18.6 Å².